The Morgan fingerprint density at radius 2 is 1.60 bits per heavy atom. The first-order valence-corrected chi connectivity index (χ1v) is 8.97. The van der Waals surface area contributed by atoms with Gasteiger partial charge in [0.2, 0.25) is 0 Å². The first-order chi connectivity index (χ1) is 12.1. The Bertz CT molecular complexity index is 865. The molecule has 3 rings (SSSR count). The molecule has 0 radical (unpaired) electrons. The van der Waals surface area contributed by atoms with Gasteiger partial charge in [-0.2, -0.15) is 0 Å². The Kier molecular flexibility index (Phi) is 5.18. The van der Waals surface area contributed by atoms with E-state index in [1.54, 1.807) is 0 Å². The zero-order valence-electron chi connectivity index (χ0n) is 15.1. The second-order valence-electron chi connectivity index (χ2n) is 6.85. The molecule has 3 aromatic carbocycles. The van der Waals surface area contributed by atoms with Gasteiger partial charge >= 0.3 is 0 Å². The third kappa shape index (κ3) is 3.90. The van der Waals surface area contributed by atoms with E-state index in [0.29, 0.717) is 11.5 Å². The first kappa shape index (κ1) is 17.2. The third-order valence-corrected chi connectivity index (χ3v) is 4.71. The Morgan fingerprint density at radius 1 is 0.920 bits per heavy atom. The lowest BCUT2D eigenvalue weighted by molar-refractivity contribution is 0.0925. The summed E-state index contributed by atoms with van der Waals surface area (Å²) in [5.74, 6) is 0.293. The minimum Gasteiger partial charge on any atom is -0.345 e. The van der Waals surface area contributed by atoms with Gasteiger partial charge in [0.15, 0.2) is 0 Å². The molecule has 0 aliphatic rings. The van der Waals surface area contributed by atoms with E-state index in [1.807, 2.05) is 36.4 Å². The highest BCUT2D eigenvalue weighted by Crippen LogP contribution is 2.23. The van der Waals surface area contributed by atoms with Crippen molar-refractivity contribution in [3.05, 3.63) is 83.4 Å². The molecular formula is C23H25NO. The van der Waals surface area contributed by atoms with Crippen molar-refractivity contribution in [1.29, 1.82) is 0 Å². The molecule has 0 unspecified atom stereocenters. The van der Waals surface area contributed by atoms with Crippen LogP contribution in [0.25, 0.3) is 10.8 Å². The van der Waals surface area contributed by atoms with Crippen LogP contribution in [-0.4, -0.2) is 5.91 Å². The molecule has 25 heavy (non-hydrogen) atoms. The molecule has 0 saturated heterocycles. The number of amides is 1. The molecule has 128 valence electrons. The second kappa shape index (κ2) is 7.52. The lowest BCUT2D eigenvalue weighted by Gasteiger charge is -2.23. The average molecular weight is 331 g/mol. The fraction of sp³-hybridized carbons (Fsp3) is 0.261. The molecule has 0 aliphatic heterocycles. The average Bonchev–Trinajstić information content (AvgIpc) is 2.65. The molecule has 2 heteroatoms. The van der Waals surface area contributed by atoms with Crippen molar-refractivity contribution < 1.29 is 4.79 Å². The quantitative estimate of drug-likeness (QED) is 0.654. The number of rotatable bonds is 5. The van der Waals surface area contributed by atoms with Gasteiger partial charge < -0.3 is 5.32 Å². The molecular weight excluding hydrogens is 306 g/mol. The smallest absolute Gasteiger partial charge is 0.251 e. The highest BCUT2D eigenvalue weighted by molar-refractivity contribution is 5.98. The summed E-state index contributed by atoms with van der Waals surface area (Å²) >= 11 is 0. The predicted octanol–water partition coefficient (Wildman–Crippen LogP) is 5.53. The minimum atomic E-state index is -0.0241. The van der Waals surface area contributed by atoms with E-state index >= 15 is 0 Å². The van der Waals surface area contributed by atoms with Crippen LogP contribution < -0.4 is 5.32 Å². The number of nitrogens with one attached hydrogen (secondary N) is 1. The van der Waals surface area contributed by atoms with Crippen LogP contribution >= 0.6 is 0 Å². The number of carbonyl (C=O) groups is 1. The summed E-state index contributed by atoms with van der Waals surface area (Å²) in [5, 5.41) is 5.45. The summed E-state index contributed by atoms with van der Waals surface area (Å²) in [7, 11) is 0. The van der Waals surface area contributed by atoms with Crippen molar-refractivity contribution in [3.8, 4) is 0 Å². The van der Waals surface area contributed by atoms with E-state index in [0.717, 1.165) is 22.8 Å². The van der Waals surface area contributed by atoms with Gasteiger partial charge in [0, 0.05) is 5.56 Å². The number of carbonyl (C=O) groups excluding carboxylic acids is 1. The fourth-order valence-corrected chi connectivity index (χ4v) is 3.15. The minimum absolute atomic E-state index is 0.00452. The predicted molar refractivity (Wildman–Crippen MR) is 105 cm³/mol. The van der Waals surface area contributed by atoms with Crippen LogP contribution in [0.3, 0.4) is 0 Å². The van der Waals surface area contributed by atoms with Crippen molar-refractivity contribution in [2.75, 3.05) is 0 Å². The second-order valence-corrected chi connectivity index (χ2v) is 6.85. The van der Waals surface area contributed by atoms with Crippen LogP contribution in [0.15, 0.2) is 66.7 Å². The summed E-state index contributed by atoms with van der Waals surface area (Å²) in [6, 6.07) is 22.5. The van der Waals surface area contributed by atoms with Gasteiger partial charge in [-0.3, -0.25) is 4.79 Å². The van der Waals surface area contributed by atoms with Gasteiger partial charge in [0.1, 0.15) is 0 Å². The maximum absolute atomic E-state index is 12.8. The zero-order valence-corrected chi connectivity index (χ0v) is 15.1. The fourth-order valence-electron chi connectivity index (χ4n) is 3.15. The SMILES string of the molecule is CCc1ccc([C@@H](NC(=O)c2ccc3ccccc3c2)C(C)C)cc1. The van der Waals surface area contributed by atoms with Crippen molar-refractivity contribution >= 4 is 16.7 Å². The van der Waals surface area contributed by atoms with E-state index in [1.165, 1.54) is 5.56 Å². The summed E-state index contributed by atoms with van der Waals surface area (Å²) < 4.78 is 0. The molecule has 2 nitrogen and oxygen atoms in total. The number of hydrogen-bond acceptors (Lipinski definition) is 1. The van der Waals surface area contributed by atoms with Gasteiger partial charge in [-0.15, -0.1) is 0 Å². The van der Waals surface area contributed by atoms with Crippen LogP contribution in [0.2, 0.25) is 0 Å². The van der Waals surface area contributed by atoms with Crippen LogP contribution in [0.4, 0.5) is 0 Å². The van der Waals surface area contributed by atoms with Crippen LogP contribution in [-0.2, 0) is 6.42 Å². The van der Waals surface area contributed by atoms with E-state index in [9.17, 15) is 4.79 Å². The monoisotopic (exact) mass is 331 g/mol. The van der Waals surface area contributed by atoms with Crippen molar-refractivity contribution in [2.24, 2.45) is 5.92 Å². The molecule has 0 heterocycles. The van der Waals surface area contributed by atoms with Gasteiger partial charge in [-0.1, -0.05) is 75.4 Å². The third-order valence-electron chi connectivity index (χ3n) is 4.71. The standard InChI is InChI=1S/C23H25NO/c1-4-17-9-11-19(12-10-17)22(16(2)3)24-23(25)21-14-13-18-7-5-6-8-20(18)15-21/h5-16,22H,4H2,1-3H3,(H,24,25)/t22-/m0/s1. The van der Waals surface area contributed by atoms with Gasteiger partial charge in [-0.05, 0) is 46.4 Å². The largest absolute Gasteiger partial charge is 0.345 e. The Balaban J connectivity index is 1.83. The number of fused-ring (bicyclic) bond motifs is 1. The van der Waals surface area contributed by atoms with E-state index in [4.69, 9.17) is 0 Å². The number of benzene rings is 3. The molecule has 0 saturated carbocycles. The van der Waals surface area contributed by atoms with E-state index in [2.05, 4.69) is 56.4 Å². The molecule has 1 amide bonds. The molecule has 0 aliphatic carbocycles. The Labute approximate surface area is 149 Å². The summed E-state index contributed by atoms with van der Waals surface area (Å²) in [5.41, 5.74) is 3.17. The Hall–Kier alpha value is -2.61. The van der Waals surface area contributed by atoms with Gasteiger partial charge in [0.25, 0.3) is 5.91 Å². The molecule has 0 aromatic heterocycles. The molecule has 1 atom stereocenters. The summed E-state index contributed by atoms with van der Waals surface area (Å²) in [4.78, 5) is 12.8. The van der Waals surface area contributed by atoms with E-state index < -0.39 is 0 Å². The zero-order chi connectivity index (χ0) is 17.8. The molecule has 1 N–H and O–H groups in total. The van der Waals surface area contributed by atoms with E-state index in [-0.39, 0.29) is 11.9 Å². The normalized spacial score (nSPS) is 12.3. The maximum Gasteiger partial charge on any atom is 0.251 e. The summed E-state index contributed by atoms with van der Waals surface area (Å²) in [6.45, 7) is 6.43. The van der Waals surface area contributed by atoms with Crippen LogP contribution in [0.1, 0.15) is 48.3 Å². The van der Waals surface area contributed by atoms with Gasteiger partial charge in [-0.25, -0.2) is 0 Å². The van der Waals surface area contributed by atoms with Crippen molar-refractivity contribution in [3.63, 3.8) is 0 Å². The molecule has 3 aromatic rings. The molecule has 0 fully saturated rings. The maximum atomic E-state index is 12.8. The van der Waals surface area contributed by atoms with Crippen LogP contribution in [0, 0.1) is 5.92 Å². The molecule has 0 spiro atoms. The summed E-state index contributed by atoms with van der Waals surface area (Å²) in [6.07, 6.45) is 1.02. The van der Waals surface area contributed by atoms with Gasteiger partial charge in [0.05, 0.1) is 6.04 Å². The highest BCUT2D eigenvalue weighted by atomic mass is 16.1. The lowest BCUT2D eigenvalue weighted by atomic mass is 9.94. The lowest BCUT2D eigenvalue weighted by Crippen LogP contribution is -2.31. The topological polar surface area (TPSA) is 29.1 Å². The molecule has 0 bridgehead atoms. The number of hydrogen-bond donors (Lipinski definition) is 1. The highest BCUT2D eigenvalue weighted by Gasteiger charge is 2.19. The van der Waals surface area contributed by atoms with Crippen LogP contribution in [0.5, 0.6) is 0 Å². The van der Waals surface area contributed by atoms with Crippen molar-refractivity contribution in [2.45, 2.75) is 33.2 Å². The van der Waals surface area contributed by atoms with Crippen molar-refractivity contribution in [1.82, 2.24) is 5.32 Å². The first-order valence-electron chi connectivity index (χ1n) is 8.97. The number of aryl methyl sites for hydroxylation is 1. The Morgan fingerprint density at radius 3 is 2.24 bits per heavy atom.